The van der Waals surface area contributed by atoms with Crippen molar-refractivity contribution >= 4 is 44.7 Å². The van der Waals surface area contributed by atoms with Gasteiger partial charge in [0.1, 0.15) is 11.5 Å². The highest BCUT2D eigenvalue weighted by Gasteiger charge is 2.46. The number of hydrogen-bond donors (Lipinski definition) is 1. The standard InChI is InChI=1S/C23H18BrNO4S/c1-29-17-6-3-2-5-15(17)13-25-20(18-7-4-12-30-18)19(22(27)23(25)28)21(26)14-8-10-16(24)11-9-14/h2-12,20,26H,13H2,1H3/b21-19-. The molecule has 1 aliphatic heterocycles. The lowest BCUT2D eigenvalue weighted by Crippen LogP contribution is -2.29. The van der Waals surface area contributed by atoms with E-state index in [0.717, 1.165) is 14.9 Å². The Kier molecular flexibility index (Phi) is 5.74. The summed E-state index contributed by atoms with van der Waals surface area (Å²) >= 11 is 4.80. The molecule has 30 heavy (non-hydrogen) atoms. The van der Waals surface area contributed by atoms with Gasteiger partial charge < -0.3 is 14.7 Å². The minimum absolute atomic E-state index is 0.0969. The highest BCUT2D eigenvalue weighted by Crippen LogP contribution is 2.42. The molecule has 0 radical (unpaired) electrons. The number of ether oxygens (including phenoxy) is 1. The van der Waals surface area contributed by atoms with Crippen LogP contribution in [0.5, 0.6) is 5.75 Å². The molecular formula is C23H18BrNO4S. The molecule has 0 bridgehead atoms. The molecule has 0 spiro atoms. The molecule has 7 heteroatoms. The lowest BCUT2D eigenvalue weighted by Gasteiger charge is -2.25. The Hall–Kier alpha value is -2.90. The smallest absolute Gasteiger partial charge is 0.295 e. The fourth-order valence-electron chi connectivity index (χ4n) is 3.57. The molecule has 1 amide bonds. The molecule has 1 unspecified atom stereocenters. The summed E-state index contributed by atoms with van der Waals surface area (Å²) in [5.41, 5.74) is 1.36. The van der Waals surface area contributed by atoms with Gasteiger partial charge >= 0.3 is 0 Å². The van der Waals surface area contributed by atoms with Crippen LogP contribution in [0.25, 0.3) is 5.76 Å². The molecule has 1 atom stereocenters. The summed E-state index contributed by atoms with van der Waals surface area (Å²) in [7, 11) is 1.57. The number of rotatable bonds is 5. The van der Waals surface area contributed by atoms with Crippen LogP contribution in [-0.2, 0) is 16.1 Å². The number of hydrogen-bond acceptors (Lipinski definition) is 5. The summed E-state index contributed by atoms with van der Waals surface area (Å²) in [5, 5.41) is 12.9. The summed E-state index contributed by atoms with van der Waals surface area (Å²) in [6.07, 6.45) is 0. The van der Waals surface area contributed by atoms with Crippen molar-refractivity contribution in [3.8, 4) is 5.75 Å². The van der Waals surface area contributed by atoms with Gasteiger partial charge in [0.2, 0.25) is 0 Å². The zero-order chi connectivity index (χ0) is 21.3. The number of aliphatic hydroxyl groups is 1. The Labute approximate surface area is 186 Å². The highest BCUT2D eigenvalue weighted by atomic mass is 79.9. The van der Waals surface area contributed by atoms with Crippen LogP contribution in [0, 0.1) is 0 Å². The first-order valence-electron chi connectivity index (χ1n) is 9.21. The molecule has 0 saturated carbocycles. The quantitative estimate of drug-likeness (QED) is 0.310. The Bertz CT molecular complexity index is 1120. The van der Waals surface area contributed by atoms with Gasteiger partial charge in [0.25, 0.3) is 11.7 Å². The zero-order valence-corrected chi connectivity index (χ0v) is 18.4. The number of carbonyl (C=O) groups excluding carboxylic acids is 2. The summed E-state index contributed by atoms with van der Waals surface area (Å²) in [6.45, 7) is 0.189. The summed E-state index contributed by atoms with van der Waals surface area (Å²) in [5.74, 6) is -0.874. The number of likely N-dealkylation sites (tertiary alicyclic amines) is 1. The van der Waals surface area contributed by atoms with E-state index in [1.54, 1.807) is 31.4 Å². The van der Waals surface area contributed by atoms with Gasteiger partial charge in [0.05, 0.1) is 25.3 Å². The highest BCUT2D eigenvalue weighted by molar-refractivity contribution is 9.10. The molecule has 2 aromatic carbocycles. The first-order valence-corrected chi connectivity index (χ1v) is 10.9. The van der Waals surface area contributed by atoms with E-state index in [1.807, 2.05) is 41.8 Å². The Morgan fingerprint density at radius 2 is 1.83 bits per heavy atom. The second-order valence-corrected chi connectivity index (χ2v) is 8.66. The van der Waals surface area contributed by atoms with E-state index in [4.69, 9.17) is 4.74 Å². The van der Waals surface area contributed by atoms with E-state index in [1.165, 1.54) is 16.2 Å². The van der Waals surface area contributed by atoms with Crippen LogP contribution < -0.4 is 4.74 Å². The average Bonchev–Trinajstić information content (AvgIpc) is 3.37. The van der Waals surface area contributed by atoms with Crippen LogP contribution in [0.15, 0.2) is 76.1 Å². The molecule has 1 aromatic heterocycles. The summed E-state index contributed by atoms with van der Waals surface area (Å²) in [4.78, 5) is 28.3. The third-order valence-electron chi connectivity index (χ3n) is 5.00. The molecular weight excluding hydrogens is 466 g/mol. The lowest BCUT2D eigenvalue weighted by atomic mass is 10.00. The molecule has 4 rings (SSSR count). The van der Waals surface area contributed by atoms with Gasteiger partial charge in [-0.2, -0.15) is 0 Å². The Morgan fingerprint density at radius 3 is 2.50 bits per heavy atom. The second kappa shape index (κ2) is 8.45. The first-order chi connectivity index (χ1) is 14.5. The Balaban J connectivity index is 1.83. The van der Waals surface area contributed by atoms with Gasteiger partial charge in [-0.05, 0) is 29.6 Å². The van der Waals surface area contributed by atoms with Crippen LogP contribution in [-0.4, -0.2) is 28.8 Å². The van der Waals surface area contributed by atoms with Crippen molar-refractivity contribution in [1.29, 1.82) is 0 Å². The number of para-hydroxylation sites is 1. The van der Waals surface area contributed by atoms with Crippen molar-refractivity contribution in [2.24, 2.45) is 0 Å². The predicted octanol–water partition coefficient (Wildman–Crippen LogP) is 5.14. The Morgan fingerprint density at radius 1 is 1.10 bits per heavy atom. The van der Waals surface area contributed by atoms with Gasteiger partial charge in [-0.3, -0.25) is 9.59 Å². The van der Waals surface area contributed by atoms with Crippen molar-refractivity contribution in [2.75, 3.05) is 7.11 Å². The fraction of sp³-hybridized carbons (Fsp3) is 0.130. The number of thiophene rings is 1. The predicted molar refractivity (Wildman–Crippen MR) is 119 cm³/mol. The fourth-order valence-corrected chi connectivity index (χ4v) is 4.68. The van der Waals surface area contributed by atoms with E-state index in [2.05, 4.69) is 15.9 Å². The summed E-state index contributed by atoms with van der Waals surface area (Å²) in [6, 6.07) is 17.4. The largest absolute Gasteiger partial charge is 0.507 e. The van der Waals surface area contributed by atoms with Gasteiger partial charge in [-0.1, -0.05) is 52.3 Å². The molecule has 2 heterocycles. The molecule has 3 aromatic rings. The molecule has 1 saturated heterocycles. The third kappa shape index (κ3) is 3.66. The summed E-state index contributed by atoms with van der Waals surface area (Å²) < 4.78 is 6.26. The average molecular weight is 484 g/mol. The number of benzene rings is 2. The van der Waals surface area contributed by atoms with Gasteiger partial charge in [0.15, 0.2) is 0 Å². The topological polar surface area (TPSA) is 66.8 Å². The SMILES string of the molecule is COc1ccccc1CN1C(=O)C(=O)/C(=C(\O)c2ccc(Br)cc2)C1c1cccs1. The molecule has 1 aliphatic rings. The van der Waals surface area contributed by atoms with Crippen molar-refractivity contribution in [3.05, 3.63) is 92.1 Å². The van der Waals surface area contributed by atoms with Gasteiger partial charge in [-0.15, -0.1) is 11.3 Å². The number of amides is 1. The van der Waals surface area contributed by atoms with Gasteiger partial charge in [0, 0.05) is 20.5 Å². The maximum atomic E-state index is 13.0. The van der Waals surface area contributed by atoms with Crippen molar-refractivity contribution in [3.63, 3.8) is 0 Å². The molecule has 152 valence electrons. The number of nitrogens with zero attached hydrogens (tertiary/aromatic N) is 1. The van der Waals surface area contributed by atoms with Crippen LogP contribution in [0.2, 0.25) is 0 Å². The van der Waals surface area contributed by atoms with E-state index in [-0.39, 0.29) is 17.9 Å². The maximum absolute atomic E-state index is 13.0. The van der Waals surface area contributed by atoms with Crippen LogP contribution in [0.1, 0.15) is 22.0 Å². The van der Waals surface area contributed by atoms with Crippen LogP contribution in [0.3, 0.4) is 0 Å². The minimum atomic E-state index is -0.691. The molecule has 5 nitrogen and oxygen atoms in total. The normalized spacial score (nSPS) is 18.1. The van der Waals surface area contributed by atoms with Crippen LogP contribution >= 0.6 is 27.3 Å². The van der Waals surface area contributed by atoms with E-state index in [9.17, 15) is 14.7 Å². The number of halogens is 1. The number of methoxy groups -OCH3 is 1. The second-order valence-electron chi connectivity index (χ2n) is 6.76. The number of ketones is 1. The zero-order valence-electron chi connectivity index (χ0n) is 16.0. The van der Waals surface area contributed by atoms with E-state index >= 15 is 0 Å². The number of aliphatic hydroxyl groups excluding tert-OH is 1. The van der Waals surface area contributed by atoms with Gasteiger partial charge in [-0.25, -0.2) is 0 Å². The number of Topliss-reactive ketones (excluding diaryl/α,β-unsaturated/α-hetero) is 1. The number of carbonyl (C=O) groups is 2. The molecule has 1 N–H and O–H groups in total. The minimum Gasteiger partial charge on any atom is -0.507 e. The van der Waals surface area contributed by atoms with Crippen molar-refractivity contribution < 1.29 is 19.4 Å². The molecule has 1 fully saturated rings. The molecule has 0 aliphatic carbocycles. The maximum Gasteiger partial charge on any atom is 0.295 e. The van der Waals surface area contributed by atoms with E-state index in [0.29, 0.717) is 11.3 Å². The van der Waals surface area contributed by atoms with Crippen LogP contribution in [0.4, 0.5) is 0 Å². The van der Waals surface area contributed by atoms with E-state index < -0.39 is 17.7 Å². The third-order valence-corrected chi connectivity index (χ3v) is 6.46. The first kappa shape index (κ1) is 20.4. The van der Waals surface area contributed by atoms with Crippen molar-refractivity contribution in [1.82, 2.24) is 4.90 Å². The monoisotopic (exact) mass is 483 g/mol. The lowest BCUT2D eigenvalue weighted by molar-refractivity contribution is -0.140. The van der Waals surface area contributed by atoms with Crippen molar-refractivity contribution in [2.45, 2.75) is 12.6 Å².